The molecule has 0 atom stereocenters. The smallest absolute Gasteiger partial charge is 0.164 e. The predicted molar refractivity (Wildman–Crippen MR) is 83.9 cm³/mol. The number of benzene rings is 2. The highest BCUT2D eigenvalue weighted by molar-refractivity contribution is 5.50. The van der Waals surface area contributed by atoms with Crippen molar-refractivity contribution in [1.29, 1.82) is 0 Å². The fraction of sp³-hybridized carbons (Fsp3) is 0.333. The van der Waals surface area contributed by atoms with Crippen molar-refractivity contribution >= 4 is 0 Å². The molecule has 0 aliphatic carbocycles. The second-order valence-corrected chi connectivity index (χ2v) is 5.65. The molecule has 0 heterocycles. The molecule has 3 heteroatoms. The maximum absolute atomic E-state index is 9.57. The third kappa shape index (κ3) is 3.56. The Hall–Kier alpha value is -2.00. The number of methoxy groups -OCH3 is 1. The summed E-state index contributed by atoms with van der Waals surface area (Å²) in [5.41, 5.74) is 1.67. The second kappa shape index (κ2) is 6.64. The SMILES string of the molecule is COc1c(OCc2ccccc2)cccc1C(C)(C)CO. The lowest BCUT2D eigenvalue weighted by Gasteiger charge is -2.25. The number of aliphatic hydroxyl groups is 1. The molecule has 0 aliphatic rings. The second-order valence-electron chi connectivity index (χ2n) is 5.65. The van der Waals surface area contributed by atoms with Gasteiger partial charge in [0.1, 0.15) is 6.61 Å². The topological polar surface area (TPSA) is 38.7 Å². The summed E-state index contributed by atoms with van der Waals surface area (Å²) < 4.78 is 11.4. The summed E-state index contributed by atoms with van der Waals surface area (Å²) in [5.74, 6) is 1.38. The Morgan fingerprint density at radius 1 is 1.00 bits per heavy atom. The van der Waals surface area contributed by atoms with Gasteiger partial charge in [0.25, 0.3) is 0 Å². The molecule has 2 aromatic carbocycles. The number of aliphatic hydroxyl groups excluding tert-OH is 1. The van der Waals surface area contributed by atoms with Gasteiger partial charge < -0.3 is 14.6 Å². The quantitative estimate of drug-likeness (QED) is 0.882. The molecule has 0 bridgehead atoms. The van der Waals surface area contributed by atoms with E-state index in [1.807, 2.05) is 62.4 Å². The zero-order chi connectivity index (χ0) is 15.3. The minimum absolute atomic E-state index is 0.0471. The van der Waals surface area contributed by atoms with Crippen LogP contribution in [0.5, 0.6) is 11.5 Å². The molecule has 0 unspecified atom stereocenters. The Kier molecular flexibility index (Phi) is 4.86. The molecule has 0 spiro atoms. The molecule has 3 nitrogen and oxygen atoms in total. The van der Waals surface area contributed by atoms with Crippen LogP contribution in [-0.2, 0) is 12.0 Å². The lowest BCUT2D eigenvalue weighted by molar-refractivity contribution is 0.212. The number of hydrogen-bond acceptors (Lipinski definition) is 3. The molecular weight excluding hydrogens is 264 g/mol. The molecule has 0 aromatic heterocycles. The standard InChI is InChI=1S/C18H22O3/c1-18(2,13-19)15-10-7-11-16(17(15)20-3)21-12-14-8-5-4-6-9-14/h4-11,19H,12-13H2,1-3H3. The summed E-state index contributed by atoms with van der Waals surface area (Å²) in [6.45, 7) is 4.49. The van der Waals surface area contributed by atoms with Crippen molar-refractivity contribution in [2.45, 2.75) is 25.9 Å². The van der Waals surface area contributed by atoms with Crippen LogP contribution in [0.2, 0.25) is 0 Å². The van der Waals surface area contributed by atoms with E-state index in [0.717, 1.165) is 11.1 Å². The monoisotopic (exact) mass is 286 g/mol. The minimum atomic E-state index is -0.378. The molecule has 21 heavy (non-hydrogen) atoms. The third-order valence-electron chi connectivity index (χ3n) is 3.54. The van der Waals surface area contributed by atoms with Crippen LogP contribution in [0.4, 0.5) is 0 Å². The Morgan fingerprint density at radius 3 is 2.33 bits per heavy atom. The molecule has 0 radical (unpaired) electrons. The molecule has 0 aliphatic heterocycles. The van der Waals surface area contributed by atoms with Gasteiger partial charge in [-0.3, -0.25) is 0 Å². The first-order valence-electron chi connectivity index (χ1n) is 7.03. The first-order valence-corrected chi connectivity index (χ1v) is 7.03. The van der Waals surface area contributed by atoms with Gasteiger partial charge in [0.2, 0.25) is 0 Å². The van der Waals surface area contributed by atoms with Crippen LogP contribution < -0.4 is 9.47 Å². The van der Waals surface area contributed by atoms with E-state index in [2.05, 4.69) is 0 Å². The highest BCUT2D eigenvalue weighted by atomic mass is 16.5. The lowest BCUT2D eigenvalue weighted by Crippen LogP contribution is -2.23. The highest BCUT2D eigenvalue weighted by Gasteiger charge is 2.25. The van der Waals surface area contributed by atoms with E-state index >= 15 is 0 Å². The first-order chi connectivity index (χ1) is 10.1. The van der Waals surface area contributed by atoms with Crippen molar-refractivity contribution in [3.8, 4) is 11.5 Å². The van der Waals surface area contributed by atoms with Gasteiger partial charge in [-0.25, -0.2) is 0 Å². The van der Waals surface area contributed by atoms with Gasteiger partial charge in [-0.2, -0.15) is 0 Å². The lowest BCUT2D eigenvalue weighted by atomic mass is 9.85. The number of rotatable bonds is 6. The van der Waals surface area contributed by atoms with Crippen molar-refractivity contribution in [1.82, 2.24) is 0 Å². The summed E-state index contributed by atoms with van der Waals surface area (Å²) in [6.07, 6.45) is 0. The summed E-state index contributed by atoms with van der Waals surface area (Å²) in [6, 6.07) is 15.8. The van der Waals surface area contributed by atoms with Crippen molar-refractivity contribution in [2.24, 2.45) is 0 Å². The number of hydrogen-bond donors (Lipinski definition) is 1. The van der Waals surface area contributed by atoms with Crippen molar-refractivity contribution in [3.05, 3.63) is 59.7 Å². The molecule has 0 amide bonds. The van der Waals surface area contributed by atoms with E-state index < -0.39 is 0 Å². The molecule has 2 rings (SSSR count). The summed E-state index contributed by atoms with van der Waals surface area (Å²) >= 11 is 0. The minimum Gasteiger partial charge on any atom is -0.493 e. The predicted octanol–water partition coefficient (Wildman–Crippen LogP) is 3.54. The fourth-order valence-corrected chi connectivity index (χ4v) is 2.19. The van der Waals surface area contributed by atoms with Gasteiger partial charge in [0.15, 0.2) is 11.5 Å². The first kappa shape index (κ1) is 15.4. The van der Waals surface area contributed by atoms with Crippen molar-refractivity contribution in [3.63, 3.8) is 0 Å². The Bertz CT molecular complexity index is 576. The summed E-state index contributed by atoms with van der Waals surface area (Å²) in [4.78, 5) is 0. The number of ether oxygens (including phenoxy) is 2. The van der Waals surface area contributed by atoms with Gasteiger partial charge in [-0.05, 0) is 11.6 Å². The zero-order valence-electron chi connectivity index (χ0n) is 12.8. The van der Waals surface area contributed by atoms with Crippen molar-refractivity contribution < 1.29 is 14.6 Å². The Morgan fingerprint density at radius 2 is 1.71 bits per heavy atom. The third-order valence-corrected chi connectivity index (χ3v) is 3.54. The van der Waals surface area contributed by atoms with Crippen LogP contribution in [0, 0.1) is 0 Å². The molecule has 2 aromatic rings. The zero-order valence-corrected chi connectivity index (χ0v) is 12.8. The van der Waals surface area contributed by atoms with Gasteiger partial charge >= 0.3 is 0 Å². The maximum atomic E-state index is 9.57. The average molecular weight is 286 g/mol. The molecule has 112 valence electrons. The van der Waals surface area contributed by atoms with Crippen LogP contribution in [0.25, 0.3) is 0 Å². The van der Waals surface area contributed by atoms with Gasteiger partial charge in [-0.1, -0.05) is 56.3 Å². The van der Waals surface area contributed by atoms with E-state index in [-0.39, 0.29) is 12.0 Å². The largest absolute Gasteiger partial charge is 0.493 e. The number of para-hydroxylation sites is 1. The molecule has 0 fully saturated rings. The van der Waals surface area contributed by atoms with E-state index in [9.17, 15) is 5.11 Å². The van der Waals surface area contributed by atoms with Crippen LogP contribution in [0.3, 0.4) is 0 Å². The van der Waals surface area contributed by atoms with Crippen LogP contribution in [0.15, 0.2) is 48.5 Å². The molecule has 1 N–H and O–H groups in total. The Labute approximate surface area is 126 Å². The van der Waals surface area contributed by atoms with E-state index in [0.29, 0.717) is 18.1 Å². The van der Waals surface area contributed by atoms with E-state index in [4.69, 9.17) is 9.47 Å². The van der Waals surface area contributed by atoms with Gasteiger partial charge in [0.05, 0.1) is 13.7 Å². The summed E-state index contributed by atoms with van der Waals surface area (Å²) in [5, 5.41) is 9.57. The average Bonchev–Trinajstić information content (AvgIpc) is 2.53. The van der Waals surface area contributed by atoms with Crippen LogP contribution >= 0.6 is 0 Å². The fourth-order valence-electron chi connectivity index (χ4n) is 2.19. The van der Waals surface area contributed by atoms with Gasteiger partial charge in [-0.15, -0.1) is 0 Å². The molecule has 0 saturated heterocycles. The van der Waals surface area contributed by atoms with Gasteiger partial charge in [0, 0.05) is 11.0 Å². The highest BCUT2D eigenvalue weighted by Crippen LogP contribution is 2.38. The normalized spacial score (nSPS) is 11.2. The van der Waals surface area contributed by atoms with E-state index in [1.54, 1.807) is 7.11 Å². The molecule has 0 saturated carbocycles. The van der Waals surface area contributed by atoms with Crippen molar-refractivity contribution in [2.75, 3.05) is 13.7 Å². The van der Waals surface area contributed by atoms with Crippen LogP contribution in [0.1, 0.15) is 25.0 Å². The molecular formula is C18H22O3. The summed E-state index contributed by atoms with van der Waals surface area (Å²) in [7, 11) is 1.63. The van der Waals surface area contributed by atoms with Crippen LogP contribution in [-0.4, -0.2) is 18.8 Å². The maximum Gasteiger partial charge on any atom is 0.164 e. The Balaban J connectivity index is 2.26. The van der Waals surface area contributed by atoms with E-state index in [1.165, 1.54) is 0 Å².